The lowest BCUT2D eigenvalue weighted by atomic mass is 10.1. The zero-order valence-corrected chi connectivity index (χ0v) is 12.4. The molecule has 0 saturated carbocycles. The van der Waals surface area contributed by atoms with Crippen molar-refractivity contribution in [3.8, 4) is 0 Å². The van der Waals surface area contributed by atoms with Gasteiger partial charge < -0.3 is 5.11 Å². The molecule has 0 bridgehead atoms. The number of hydrogen-bond acceptors (Lipinski definition) is 2. The molecule has 1 unspecified atom stereocenters. The minimum Gasteiger partial charge on any atom is -0.388 e. The van der Waals surface area contributed by atoms with Crippen LogP contribution in [-0.4, -0.2) is 14.9 Å². The summed E-state index contributed by atoms with van der Waals surface area (Å²) in [6, 6.07) is 6.81. The van der Waals surface area contributed by atoms with E-state index in [1.54, 1.807) is 12.1 Å². The lowest BCUT2D eigenvalue weighted by Crippen LogP contribution is -2.05. The SMILES string of the molecule is CC(C)n1ccc(CC(O)c2ccc(Br)c(F)c2)n1. The zero-order chi connectivity index (χ0) is 14.0. The van der Waals surface area contributed by atoms with Crippen LogP contribution in [-0.2, 0) is 6.42 Å². The van der Waals surface area contributed by atoms with Gasteiger partial charge >= 0.3 is 0 Å². The quantitative estimate of drug-likeness (QED) is 0.931. The van der Waals surface area contributed by atoms with Gasteiger partial charge in [0.15, 0.2) is 0 Å². The van der Waals surface area contributed by atoms with Gasteiger partial charge in [0.25, 0.3) is 0 Å². The lowest BCUT2D eigenvalue weighted by molar-refractivity contribution is 0.176. The lowest BCUT2D eigenvalue weighted by Gasteiger charge is -2.10. The molecule has 1 aromatic heterocycles. The van der Waals surface area contributed by atoms with Crippen LogP contribution in [0.15, 0.2) is 34.9 Å². The highest BCUT2D eigenvalue weighted by atomic mass is 79.9. The number of hydrogen-bond donors (Lipinski definition) is 1. The number of rotatable bonds is 4. The van der Waals surface area contributed by atoms with Crippen LogP contribution in [0.1, 0.15) is 37.3 Å². The van der Waals surface area contributed by atoms with E-state index in [2.05, 4.69) is 21.0 Å². The molecule has 1 N–H and O–H groups in total. The van der Waals surface area contributed by atoms with Gasteiger partial charge in [0.1, 0.15) is 5.82 Å². The van der Waals surface area contributed by atoms with E-state index in [4.69, 9.17) is 0 Å². The molecule has 0 saturated heterocycles. The Morgan fingerprint density at radius 1 is 1.37 bits per heavy atom. The van der Waals surface area contributed by atoms with Crippen LogP contribution in [0.2, 0.25) is 0 Å². The van der Waals surface area contributed by atoms with Gasteiger partial charge in [-0.3, -0.25) is 4.68 Å². The molecule has 0 fully saturated rings. The second kappa shape index (κ2) is 5.84. The van der Waals surface area contributed by atoms with Crippen LogP contribution in [0.5, 0.6) is 0 Å². The Morgan fingerprint density at radius 3 is 2.68 bits per heavy atom. The fourth-order valence-corrected chi connectivity index (χ4v) is 2.06. The molecule has 1 heterocycles. The Labute approximate surface area is 120 Å². The predicted molar refractivity (Wildman–Crippen MR) is 75.4 cm³/mol. The molecule has 0 aliphatic rings. The highest BCUT2D eigenvalue weighted by Crippen LogP contribution is 2.23. The van der Waals surface area contributed by atoms with E-state index in [1.807, 2.05) is 30.8 Å². The van der Waals surface area contributed by atoms with E-state index in [0.29, 0.717) is 16.5 Å². The first kappa shape index (κ1) is 14.2. The van der Waals surface area contributed by atoms with Crippen LogP contribution in [0, 0.1) is 5.82 Å². The maximum atomic E-state index is 13.4. The standard InChI is InChI=1S/C14H16BrFN2O/c1-9(2)18-6-5-11(17-18)8-14(19)10-3-4-12(15)13(16)7-10/h3-7,9,14,19H,8H2,1-2H3. The van der Waals surface area contributed by atoms with Crippen LogP contribution >= 0.6 is 15.9 Å². The molecule has 1 aromatic carbocycles. The molecule has 1 atom stereocenters. The highest BCUT2D eigenvalue weighted by Gasteiger charge is 2.13. The summed E-state index contributed by atoms with van der Waals surface area (Å²) in [5.74, 6) is -0.371. The number of aliphatic hydroxyl groups excluding tert-OH is 1. The fourth-order valence-electron chi connectivity index (χ4n) is 1.81. The molecular weight excluding hydrogens is 311 g/mol. The second-order valence-corrected chi connectivity index (χ2v) is 5.63. The maximum absolute atomic E-state index is 13.4. The Bertz CT molecular complexity index is 568. The van der Waals surface area contributed by atoms with E-state index in [0.717, 1.165) is 5.69 Å². The van der Waals surface area contributed by atoms with Gasteiger partial charge in [-0.25, -0.2) is 4.39 Å². The van der Waals surface area contributed by atoms with Crippen LogP contribution in [0.4, 0.5) is 4.39 Å². The summed E-state index contributed by atoms with van der Waals surface area (Å²) in [4.78, 5) is 0. The first-order valence-corrected chi connectivity index (χ1v) is 6.93. The molecule has 2 aromatic rings. The van der Waals surface area contributed by atoms with Crippen LogP contribution in [0.25, 0.3) is 0 Å². The van der Waals surface area contributed by atoms with Gasteiger partial charge in [-0.1, -0.05) is 6.07 Å². The number of aliphatic hydroxyl groups is 1. The summed E-state index contributed by atoms with van der Waals surface area (Å²) in [6.45, 7) is 4.08. The molecule has 2 rings (SSSR count). The van der Waals surface area contributed by atoms with Gasteiger partial charge in [0.2, 0.25) is 0 Å². The Hall–Kier alpha value is -1.20. The van der Waals surface area contributed by atoms with Gasteiger partial charge in [-0.2, -0.15) is 5.10 Å². The van der Waals surface area contributed by atoms with E-state index >= 15 is 0 Å². The first-order chi connectivity index (χ1) is 8.97. The largest absolute Gasteiger partial charge is 0.388 e. The van der Waals surface area contributed by atoms with Crippen LogP contribution in [0.3, 0.4) is 0 Å². The summed E-state index contributed by atoms with van der Waals surface area (Å²) in [5.41, 5.74) is 1.35. The van der Waals surface area contributed by atoms with Crippen molar-refractivity contribution in [3.63, 3.8) is 0 Å². The molecule has 0 spiro atoms. The fraction of sp³-hybridized carbons (Fsp3) is 0.357. The Kier molecular flexibility index (Phi) is 4.37. The van der Waals surface area contributed by atoms with Crippen molar-refractivity contribution in [1.82, 2.24) is 9.78 Å². The van der Waals surface area contributed by atoms with Crippen molar-refractivity contribution >= 4 is 15.9 Å². The molecule has 19 heavy (non-hydrogen) atoms. The van der Waals surface area contributed by atoms with Crippen LogP contribution < -0.4 is 0 Å². The maximum Gasteiger partial charge on any atom is 0.137 e. The summed E-state index contributed by atoms with van der Waals surface area (Å²) < 4.78 is 15.6. The van der Waals surface area contributed by atoms with Crippen molar-refractivity contribution in [2.24, 2.45) is 0 Å². The average Bonchev–Trinajstić information content (AvgIpc) is 2.81. The Balaban J connectivity index is 2.11. The summed E-state index contributed by atoms with van der Waals surface area (Å²) in [5, 5.41) is 14.5. The van der Waals surface area contributed by atoms with Crippen molar-refractivity contribution in [2.75, 3.05) is 0 Å². The van der Waals surface area contributed by atoms with Crippen molar-refractivity contribution in [2.45, 2.75) is 32.4 Å². The van der Waals surface area contributed by atoms with Crippen molar-refractivity contribution in [3.05, 3.63) is 52.0 Å². The van der Waals surface area contributed by atoms with Gasteiger partial charge in [0, 0.05) is 18.7 Å². The second-order valence-electron chi connectivity index (χ2n) is 4.77. The predicted octanol–water partition coefficient (Wildman–Crippen LogP) is 3.64. The van der Waals surface area contributed by atoms with E-state index in [-0.39, 0.29) is 11.9 Å². The average molecular weight is 327 g/mol. The first-order valence-electron chi connectivity index (χ1n) is 6.14. The number of halogens is 2. The van der Waals surface area contributed by atoms with E-state index in [9.17, 15) is 9.50 Å². The Morgan fingerprint density at radius 2 is 2.11 bits per heavy atom. The highest BCUT2D eigenvalue weighted by molar-refractivity contribution is 9.10. The molecule has 0 amide bonds. The molecule has 5 heteroatoms. The smallest absolute Gasteiger partial charge is 0.137 e. The molecule has 0 radical (unpaired) electrons. The normalized spacial score (nSPS) is 12.9. The topological polar surface area (TPSA) is 38.0 Å². The van der Waals surface area contributed by atoms with Gasteiger partial charge in [-0.05, 0) is 53.5 Å². The third-order valence-corrected chi connectivity index (χ3v) is 3.57. The third-order valence-electron chi connectivity index (χ3n) is 2.92. The number of aromatic nitrogens is 2. The van der Waals surface area contributed by atoms with E-state index < -0.39 is 6.10 Å². The van der Waals surface area contributed by atoms with Gasteiger partial charge in [0.05, 0.1) is 16.3 Å². The summed E-state index contributed by atoms with van der Waals surface area (Å²) in [6.07, 6.45) is 1.51. The van der Waals surface area contributed by atoms with Crippen molar-refractivity contribution < 1.29 is 9.50 Å². The number of benzene rings is 1. The monoisotopic (exact) mass is 326 g/mol. The summed E-state index contributed by atoms with van der Waals surface area (Å²) in [7, 11) is 0. The van der Waals surface area contributed by atoms with Crippen molar-refractivity contribution in [1.29, 1.82) is 0 Å². The molecule has 3 nitrogen and oxygen atoms in total. The van der Waals surface area contributed by atoms with Gasteiger partial charge in [-0.15, -0.1) is 0 Å². The molecular formula is C14H16BrFN2O. The molecule has 0 aliphatic heterocycles. The third kappa shape index (κ3) is 3.42. The van der Waals surface area contributed by atoms with E-state index in [1.165, 1.54) is 6.07 Å². The number of nitrogens with zero attached hydrogens (tertiary/aromatic N) is 2. The molecule has 102 valence electrons. The minimum atomic E-state index is -0.752. The minimum absolute atomic E-state index is 0.288. The molecule has 0 aliphatic carbocycles. The zero-order valence-electron chi connectivity index (χ0n) is 10.8. The summed E-state index contributed by atoms with van der Waals surface area (Å²) >= 11 is 3.09.